The van der Waals surface area contributed by atoms with Crippen LogP contribution in [0.3, 0.4) is 0 Å². The standard InChI is InChI=1S/C20H20N2O3/c1-4-25-19-15(9-8-12-18(19)24-3)13-17-14(2)21-22(20(17)23)16-10-6-5-7-11-16/h5-13H,4H2,1-3H3. The van der Waals surface area contributed by atoms with E-state index in [0.717, 1.165) is 11.3 Å². The number of carbonyl (C=O) groups is 1. The second kappa shape index (κ2) is 7.21. The van der Waals surface area contributed by atoms with Crippen molar-refractivity contribution in [3.63, 3.8) is 0 Å². The molecule has 0 radical (unpaired) electrons. The van der Waals surface area contributed by atoms with E-state index in [4.69, 9.17) is 9.47 Å². The third kappa shape index (κ3) is 3.26. The maximum Gasteiger partial charge on any atom is 0.280 e. The zero-order chi connectivity index (χ0) is 17.8. The fourth-order valence-electron chi connectivity index (χ4n) is 2.69. The van der Waals surface area contributed by atoms with Gasteiger partial charge in [0.05, 0.1) is 30.7 Å². The van der Waals surface area contributed by atoms with Crippen LogP contribution in [-0.2, 0) is 4.79 Å². The molecule has 5 heteroatoms. The van der Waals surface area contributed by atoms with Gasteiger partial charge in [0.2, 0.25) is 0 Å². The predicted molar refractivity (Wildman–Crippen MR) is 99.2 cm³/mol. The number of anilines is 1. The molecule has 0 spiro atoms. The van der Waals surface area contributed by atoms with Crippen molar-refractivity contribution in [1.29, 1.82) is 0 Å². The number of carbonyl (C=O) groups excluding carboxylic acids is 1. The second-order valence-corrected chi connectivity index (χ2v) is 5.51. The summed E-state index contributed by atoms with van der Waals surface area (Å²) in [6.45, 7) is 4.24. The summed E-state index contributed by atoms with van der Waals surface area (Å²) in [5.74, 6) is 1.10. The molecule has 0 saturated heterocycles. The van der Waals surface area contributed by atoms with Crippen molar-refractivity contribution in [3.8, 4) is 11.5 Å². The molecule has 0 bridgehead atoms. The quantitative estimate of drug-likeness (QED) is 0.778. The smallest absolute Gasteiger partial charge is 0.280 e. The van der Waals surface area contributed by atoms with E-state index in [1.54, 1.807) is 13.2 Å². The first-order chi connectivity index (χ1) is 12.2. The summed E-state index contributed by atoms with van der Waals surface area (Å²) in [7, 11) is 1.60. The Hall–Kier alpha value is -3.08. The van der Waals surface area contributed by atoms with Gasteiger partial charge in [-0.1, -0.05) is 30.3 Å². The van der Waals surface area contributed by atoms with Crippen molar-refractivity contribution in [3.05, 3.63) is 59.7 Å². The summed E-state index contributed by atoms with van der Waals surface area (Å²) in [5, 5.41) is 5.81. The Kier molecular flexibility index (Phi) is 4.84. The first-order valence-electron chi connectivity index (χ1n) is 8.12. The molecular formula is C20H20N2O3. The number of amides is 1. The van der Waals surface area contributed by atoms with Crippen LogP contribution < -0.4 is 14.5 Å². The van der Waals surface area contributed by atoms with E-state index < -0.39 is 0 Å². The number of nitrogens with zero attached hydrogens (tertiary/aromatic N) is 2. The molecule has 0 fully saturated rings. The van der Waals surface area contributed by atoms with Crippen LogP contribution in [0.2, 0.25) is 0 Å². The highest BCUT2D eigenvalue weighted by Crippen LogP contribution is 2.34. The zero-order valence-electron chi connectivity index (χ0n) is 14.5. The molecule has 0 aromatic heterocycles. The molecule has 1 amide bonds. The van der Waals surface area contributed by atoms with E-state index in [9.17, 15) is 4.79 Å². The molecule has 0 aliphatic carbocycles. The lowest BCUT2D eigenvalue weighted by molar-refractivity contribution is -0.114. The molecule has 1 heterocycles. The Morgan fingerprint density at radius 3 is 2.56 bits per heavy atom. The second-order valence-electron chi connectivity index (χ2n) is 5.51. The maximum absolute atomic E-state index is 12.8. The summed E-state index contributed by atoms with van der Waals surface area (Å²) in [4.78, 5) is 12.8. The van der Waals surface area contributed by atoms with Crippen molar-refractivity contribution < 1.29 is 14.3 Å². The van der Waals surface area contributed by atoms with Crippen molar-refractivity contribution in [2.45, 2.75) is 13.8 Å². The number of methoxy groups -OCH3 is 1. The number of hydrogen-bond donors (Lipinski definition) is 0. The molecule has 128 valence electrons. The minimum Gasteiger partial charge on any atom is -0.493 e. The lowest BCUT2D eigenvalue weighted by atomic mass is 10.1. The fourth-order valence-corrected chi connectivity index (χ4v) is 2.69. The number of ether oxygens (including phenoxy) is 2. The van der Waals surface area contributed by atoms with Crippen molar-refractivity contribution in [2.75, 3.05) is 18.7 Å². The van der Waals surface area contributed by atoms with Crippen LogP contribution in [0.25, 0.3) is 6.08 Å². The van der Waals surface area contributed by atoms with Crippen molar-refractivity contribution in [2.24, 2.45) is 5.10 Å². The monoisotopic (exact) mass is 336 g/mol. The van der Waals surface area contributed by atoms with Gasteiger partial charge < -0.3 is 9.47 Å². The van der Waals surface area contributed by atoms with Crippen LogP contribution in [0.5, 0.6) is 11.5 Å². The average Bonchev–Trinajstić information content (AvgIpc) is 2.92. The molecule has 0 saturated carbocycles. The topological polar surface area (TPSA) is 51.1 Å². The minimum atomic E-state index is -0.158. The van der Waals surface area contributed by atoms with Gasteiger partial charge in [0.15, 0.2) is 11.5 Å². The van der Waals surface area contributed by atoms with Crippen molar-refractivity contribution in [1.82, 2.24) is 0 Å². The number of rotatable bonds is 5. The molecule has 5 nitrogen and oxygen atoms in total. The molecule has 0 unspecified atom stereocenters. The van der Waals surface area contributed by atoms with Crippen LogP contribution in [0.15, 0.2) is 59.2 Å². The number of hydrogen-bond acceptors (Lipinski definition) is 4. The van der Waals surface area contributed by atoms with E-state index in [1.807, 2.05) is 62.4 Å². The molecule has 2 aromatic rings. The van der Waals surface area contributed by atoms with Crippen LogP contribution >= 0.6 is 0 Å². The van der Waals surface area contributed by atoms with Gasteiger partial charge in [-0.3, -0.25) is 4.79 Å². The van der Waals surface area contributed by atoms with E-state index in [0.29, 0.717) is 29.4 Å². The summed E-state index contributed by atoms with van der Waals surface area (Å²) in [6.07, 6.45) is 1.80. The van der Waals surface area contributed by atoms with Gasteiger partial charge in [0.25, 0.3) is 5.91 Å². The molecule has 3 rings (SSSR count). The normalized spacial score (nSPS) is 15.5. The molecule has 2 aromatic carbocycles. The van der Waals surface area contributed by atoms with Gasteiger partial charge in [-0.05, 0) is 38.1 Å². The summed E-state index contributed by atoms with van der Waals surface area (Å²) in [6, 6.07) is 15.0. The Bertz CT molecular complexity index is 841. The maximum atomic E-state index is 12.8. The Morgan fingerprint density at radius 2 is 1.88 bits per heavy atom. The number of benzene rings is 2. The van der Waals surface area contributed by atoms with Crippen LogP contribution in [0.4, 0.5) is 5.69 Å². The molecule has 25 heavy (non-hydrogen) atoms. The molecule has 0 atom stereocenters. The fraction of sp³-hybridized carbons (Fsp3) is 0.200. The Morgan fingerprint density at radius 1 is 1.12 bits per heavy atom. The highest BCUT2D eigenvalue weighted by atomic mass is 16.5. The van der Waals surface area contributed by atoms with Crippen LogP contribution in [-0.4, -0.2) is 25.3 Å². The molecule has 1 aliphatic heterocycles. The third-order valence-electron chi connectivity index (χ3n) is 3.88. The predicted octanol–water partition coefficient (Wildman–Crippen LogP) is 3.90. The third-order valence-corrected chi connectivity index (χ3v) is 3.88. The summed E-state index contributed by atoms with van der Waals surface area (Å²) in [5.41, 5.74) is 2.73. The first kappa shape index (κ1) is 16.8. The molecular weight excluding hydrogens is 316 g/mol. The lowest BCUT2D eigenvalue weighted by Gasteiger charge is -2.13. The van der Waals surface area contributed by atoms with Gasteiger partial charge in [-0.2, -0.15) is 10.1 Å². The lowest BCUT2D eigenvalue weighted by Crippen LogP contribution is -2.21. The first-order valence-corrected chi connectivity index (χ1v) is 8.12. The van der Waals surface area contributed by atoms with Gasteiger partial charge in [0, 0.05) is 5.56 Å². The SMILES string of the molecule is CCOc1c(C=C2C(=O)N(c3ccccc3)N=C2C)cccc1OC. The average molecular weight is 336 g/mol. The minimum absolute atomic E-state index is 0.158. The van der Waals surface area contributed by atoms with Gasteiger partial charge in [0.1, 0.15) is 0 Å². The highest BCUT2D eigenvalue weighted by molar-refractivity contribution is 6.32. The van der Waals surface area contributed by atoms with Gasteiger partial charge in [-0.15, -0.1) is 0 Å². The van der Waals surface area contributed by atoms with E-state index >= 15 is 0 Å². The van der Waals surface area contributed by atoms with E-state index in [-0.39, 0.29) is 5.91 Å². The van der Waals surface area contributed by atoms with Gasteiger partial charge in [-0.25, -0.2) is 0 Å². The zero-order valence-corrected chi connectivity index (χ0v) is 14.5. The Labute approximate surface area is 147 Å². The molecule has 0 N–H and O–H groups in total. The van der Waals surface area contributed by atoms with E-state index in [2.05, 4.69) is 5.10 Å². The number of hydrazone groups is 1. The van der Waals surface area contributed by atoms with Crippen molar-refractivity contribution >= 4 is 23.4 Å². The van der Waals surface area contributed by atoms with Crippen LogP contribution in [0, 0.1) is 0 Å². The number of para-hydroxylation sites is 2. The molecule has 1 aliphatic rings. The van der Waals surface area contributed by atoms with Gasteiger partial charge >= 0.3 is 0 Å². The van der Waals surface area contributed by atoms with E-state index in [1.165, 1.54) is 5.01 Å². The highest BCUT2D eigenvalue weighted by Gasteiger charge is 2.29. The Balaban J connectivity index is 2.00. The largest absolute Gasteiger partial charge is 0.493 e. The van der Waals surface area contributed by atoms with Crippen LogP contribution in [0.1, 0.15) is 19.4 Å². The summed E-state index contributed by atoms with van der Waals surface area (Å²) >= 11 is 0. The summed E-state index contributed by atoms with van der Waals surface area (Å²) < 4.78 is 11.1.